The molecule has 0 bridgehead atoms. The fourth-order valence-electron chi connectivity index (χ4n) is 0.787. The van der Waals surface area contributed by atoms with Gasteiger partial charge in [0.05, 0.1) is 5.94 Å². The molecule has 0 aliphatic carbocycles. The van der Waals surface area contributed by atoms with Crippen LogP contribution in [0.15, 0.2) is 0 Å². The van der Waals surface area contributed by atoms with Gasteiger partial charge in [-0.15, -0.1) is 16.7 Å². The van der Waals surface area contributed by atoms with Crippen LogP contribution >= 0.6 is 11.8 Å². The van der Waals surface area contributed by atoms with E-state index in [0.29, 0.717) is 0 Å². The maximum atomic E-state index is 11.9. The highest BCUT2D eigenvalue weighted by Crippen LogP contribution is 2.33. The van der Waals surface area contributed by atoms with Gasteiger partial charge in [-0.05, 0) is 12.2 Å². The van der Waals surface area contributed by atoms with Crippen molar-refractivity contribution in [2.75, 3.05) is 18.2 Å². The fourth-order valence-corrected chi connectivity index (χ4v) is 1.25. The molecule has 0 saturated carbocycles. The minimum absolute atomic E-state index is 0.0408. The average molecular weight is 257 g/mol. The first kappa shape index (κ1) is 14.8. The molecule has 0 saturated heterocycles. The van der Waals surface area contributed by atoms with Crippen molar-refractivity contribution in [1.82, 2.24) is 4.90 Å². The molecule has 0 unspecified atom stereocenters. The number of aliphatic hydroxyl groups excluding tert-OH is 1. The van der Waals surface area contributed by atoms with Gasteiger partial charge < -0.3 is 5.11 Å². The molecule has 0 aliphatic rings. The van der Waals surface area contributed by atoms with E-state index in [9.17, 15) is 26.3 Å². The number of nitrogens with zero attached hydrogens (tertiary/aromatic N) is 1. The van der Waals surface area contributed by atoms with Crippen LogP contribution in [0.1, 0.15) is 6.42 Å². The largest absolute Gasteiger partial charge is 0.467 e. The minimum Gasteiger partial charge on any atom is -0.386 e. The van der Waals surface area contributed by atoms with Crippen molar-refractivity contribution in [1.29, 1.82) is 0 Å². The molecule has 0 spiro atoms. The molecule has 0 aromatic carbocycles. The molecule has 9 heteroatoms. The van der Waals surface area contributed by atoms with E-state index in [-0.39, 0.29) is 18.1 Å². The fraction of sp³-hybridized carbons (Fsp3) is 1.00. The maximum absolute atomic E-state index is 11.9. The molecule has 0 aromatic rings. The van der Waals surface area contributed by atoms with Crippen molar-refractivity contribution < 1.29 is 31.4 Å². The van der Waals surface area contributed by atoms with Gasteiger partial charge in [0, 0.05) is 6.54 Å². The molecule has 0 amide bonds. The molecule has 0 atom stereocenters. The van der Waals surface area contributed by atoms with Crippen LogP contribution in [0.3, 0.4) is 0 Å². The predicted octanol–water partition coefficient (Wildman–Crippen LogP) is 2.40. The Bertz CT molecular complexity index is 167. The van der Waals surface area contributed by atoms with E-state index in [1.807, 2.05) is 0 Å². The van der Waals surface area contributed by atoms with E-state index in [2.05, 4.69) is 0 Å². The zero-order chi connectivity index (χ0) is 12.1. The summed E-state index contributed by atoms with van der Waals surface area (Å²) in [6.45, 7) is -1.15. The van der Waals surface area contributed by atoms with Gasteiger partial charge in [-0.3, -0.25) is 0 Å². The topological polar surface area (TPSA) is 23.5 Å². The van der Waals surface area contributed by atoms with Gasteiger partial charge >= 0.3 is 12.6 Å². The third-order valence-corrected chi connectivity index (χ3v) is 2.13. The van der Waals surface area contributed by atoms with Gasteiger partial charge in [0.2, 0.25) is 0 Å². The summed E-state index contributed by atoms with van der Waals surface area (Å²) < 4.78 is 71.2. The van der Waals surface area contributed by atoms with Crippen molar-refractivity contribution in [3.8, 4) is 0 Å². The summed E-state index contributed by atoms with van der Waals surface area (Å²) in [5.41, 5.74) is 0. The van der Waals surface area contributed by atoms with Crippen LogP contribution in [-0.2, 0) is 0 Å². The van der Waals surface area contributed by atoms with E-state index in [1.165, 1.54) is 0 Å². The number of hydrogen-bond donors (Lipinski definition) is 1. The van der Waals surface area contributed by atoms with E-state index < -0.39 is 24.0 Å². The lowest BCUT2D eigenvalue weighted by Gasteiger charge is -2.26. The molecule has 0 heterocycles. The van der Waals surface area contributed by atoms with Gasteiger partial charge in [-0.25, -0.2) is 0 Å². The summed E-state index contributed by atoms with van der Waals surface area (Å²) in [4.78, 5) is -1.47. The Morgan fingerprint density at radius 2 is 1.47 bits per heavy atom. The summed E-state index contributed by atoms with van der Waals surface area (Å²) in [7, 11) is 0. The van der Waals surface area contributed by atoms with Gasteiger partial charge in [-0.1, -0.05) is 0 Å². The Morgan fingerprint density at radius 1 is 1.00 bits per heavy atom. The first-order chi connectivity index (χ1) is 6.69. The van der Waals surface area contributed by atoms with Crippen LogP contribution in [-0.4, -0.2) is 40.8 Å². The molecule has 0 rings (SSSR count). The molecule has 0 aliphatic heterocycles. The first-order valence-corrected chi connectivity index (χ1v) is 4.95. The monoisotopic (exact) mass is 257 g/mol. The van der Waals surface area contributed by atoms with E-state index >= 15 is 0 Å². The number of alkyl halides is 6. The number of halogens is 6. The number of rotatable bonds is 5. The Labute approximate surface area is 86.2 Å². The lowest BCUT2D eigenvalue weighted by molar-refractivity contribution is -0.372. The lowest BCUT2D eigenvalue weighted by Crippen LogP contribution is -2.48. The first-order valence-electron chi connectivity index (χ1n) is 3.79. The van der Waals surface area contributed by atoms with Crippen LogP contribution in [0.4, 0.5) is 26.3 Å². The number of thioether (sulfide) groups is 1. The Kier molecular flexibility index (Phi) is 5.75. The summed E-state index contributed by atoms with van der Waals surface area (Å²) >= 11 is 0.866. The zero-order valence-electron chi connectivity index (χ0n) is 7.40. The highest BCUT2D eigenvalue weighted by atomic mass is 32.2. The van der Waals surface area contributed by atoms with Crippen LogP contribution in [0.2, 0.25) is 0 Å². The lowest BCUT2D eigenvalue weighted by atomic mass is 10.4. The van der Waals surface area contributed by atoms with Crippen molar-refractivity contribution in [2.45, 2.75) is 19.0 Å². The highest BCUT2D eigenvalue weighted by Gasteiger charge is 2.53. The van der Waals surface area contributed by atoms with E-state index in [4.69, 9.17) is 5.11 Å². The second-order valence-corrected chi connectivity index (χ2v) is 3.55. The highest BCUT2D eigenvalue weighted by molar-refractivity contribution is 7.99. The zero-order valence-corrected chi connectivity index (χ0v) is 8.22. The molecule has 0 aromatic heterocycles. The van der Waals surface area contributed by atoms with Crippen LogP contribution in [0.5, 0.6) is 0 Å². The van der Waals surface area contributed by atoms with Crippen molar-refractivity contribution in [2.24, 2.45) is 0 Å². The molecule has 1 N–H and O–H groups in total. The van der Waals surface area contributed by atoms with Gasteiger partial charge in [-0.2, -0.15) is 26.3 Å². The predicted molar refractivity (Wildman–Crippen MR) is 43.0 cm³/mol. The summed E-state index contributed by atoms with van der Waals surface area (Å²) in [6, 6.07) is 0. The average Bonchev–Trinajstić information content (AvgIpc) is 1.99. The number of hydrogen-bond acceptors (Lipinski definition) is 3. The molecule has 2 nitrogen and oxygen atoms in total. The molecule has 92 valence electrons. The van der Waals surface area contributed by atoms with Crippen molar-refractivity contribution >= 4 is 11.8 Å². The second-order valence-electron chi connectivity index (χ2n) is 2.48. The van der Waals surface area contributed by atoms with E-state index in [0.717, 1.165) is 11.8 Å². The minimum atomic E-state index is -5.41. The SMILES string of the molecule is OCSCCCN(C(F)(F)F)C(F)(F)F. The third-order valence-electron chi connectivity index (χ3n) is 1.37. The Morgan fingerprint density at radius 3 is 1.80 bits per heavy atom. The standard InChI is InChI=1S/C6H9F6NOS/c7-5(8,9)13(6(10,11)12)2-1-3-15-4-14/h14H,1-4H2. The smallest absolute Gasteiger partial charge is 0.386 e. The molecular formula is C6H9F6NOS. The Balaban J connectivity index is 4.17. The molecule has 0 radical (unpaired) electrons. The van der Waals surface area contributed by atoms with Crippen molar-refractivity contribution in [3.63, 3.8) is 0 Å². The van der Waals surface area contributed by atoms with Gasteiger partial charge in [0.1, 0.15) is 0 Å². The normalized spacial score (nSPS) is 13.6. The molecule has 15 heavy (non-hydrogen) atoms. The van der Waals surface area contributed by atoms with Gasteiger partial charge in [0.25, 0.3) is 0 Å². The van der Waals surface area contributed by atoms with Crippen LogP contribution in [0, 0.1) is 0 Å². The van der Waals surface area contributed by atoms with Gasteiger partial charge in [0.15, 0.2) is 0 Å². The second kappa shape index (κ2) is 5.80. The van der Waals surface area contributed by atoms with Crippen molar-refractivity contribution in [3.05, 3.63) is 0 Å². The summed E-state index contributed by atoms with van der Waals surface area (Å²) in [6.07, 6.45) is -11.1. The third kappa shape index (κ3) is 6.10. The molecule has 0 fully saturated rings. The van der Waals surface area contributed by atoms with Crippen LogP contribution in [0.25, 0.3) is 0 Å². The molecular weight excluding hydrogens is 248 g/mol. The summed E-state index contributed by atoms with van der Waals surface area (Å²) in [5.74, 6) is -0.281. The quantitative estimate of drug-likeness (QED) is 0.354. The number of aliphatic hydroxyl groups is 1. The maximum Gasteiger partial charge on any atom is 0.467 e. The Hall–Kier alpha value is -0.150. The van der Waals surface area contributed by atoms with E-state index in [1.54, 1.807) is 0 Å². The van der Waals surface area contributed by atoms with Crippen LogP contribution < -0.4 is 0 Å². The summed E-state index contributed by atoms with van der Waals surface area (Å²) in [5, 5.41) is 8.26.